The van der Waals surface area contributed by atoms with Crippen molar-refractivity contribution in [1.29, 1.82) is 0 Å². The number of hydrogen-bond acceptors (Lipinski definition) is 1. The molecule has 0 saturated carbocycles. The van der Waals surface area contributed by atoms with Crippen molar-refractivity contribution in [2.75, 3.05) is 0 Å². The minimum Gasteiger partial charge on any atom is -0.289 e. The third kappa shape index (κ3) is 2.34. The molecule has 0 N–H and O–H groups in total. The molecule has 0 saturated heterocycles. The maximum absolute atomic E-state index is 12.3. The second-order valence-corrected chi connectivity index (χ2v) is 3.75. The molecule has 0 atom stereocenters. The summed E-state index contributed by atoms with van der Waals surface area (Å²) < 4.78 is 38.9. The molecule has 1 nitrogen and oxygen atoms in total. The monoisotopic (exact) mass is 265 g/mol. The molecule has 15 heavy (non-hydrogen) atoms. The highest BCUT2D eigenvalue weighted by Crippen LogP contribution is 2.14. The van der Waals surface area contributed by atoms with Gasteiger partial charge in [0.1, 0.15) is 0 Å². The lowest BCUT2D eigenvalue weighted by atomic mass is 10.0. The smallest absolute Gasteiger partial charge is 0.193 e. The number of benzene rings is 2. The predicted molar refractivity (Wildman–Crippen MR) is 64.0 cm³/mol. The van der Waals surface area contributed by atoms with Crippen molar-refractivity contribution in [2.45, 2.75) is 0 Å². The molecule has 0 fully saturated rings. The molecule has 0 aliphatic carbocycles. The van der Waals surface area contributed by atoms with Crippen molar-refractivity contribution < 1.29 is 11.6 Å². The summed E-state index contributed by atoms with van der Waals surface area (Å²) in [6.45, 7) is 0. The number of carbonyl (C=O) groups is 1. The van der Waals surface area contributed by atoms with Crippen molar-refractivity contribution >= 4 is 21.7 Å². The van der Waals surface area contributed by atoms with E-state index in [4.69, 9.17) is 6.85 Å². The summed E-state index contributed by atoms with van der Waals surface area (Å²) in [6, 6.07) is 3.89. The number of halogens is 1. The molecule has 2 rings (SSSR count). The molecule has 0 bridgehead atoms. The fourth-order valence-corrected chi connectivity index (χ4v) is 1.37. The molecular weight excluding hydrogens is 252 g/mol. The Balaban J connectivity index is 2.64. The van der Waals surface area contributed by atoms with Crippen molar-refractivity contribution in [3.63, 3.8) is 0 Å². The first-order chi connectivity index (χ1) is 9.34. The Morgan fingerprint density at radius 1 is 1.00 bits per heavy atom. The first-order valence-electron chi connectivity index (χ1n) is 6.71. The fourth-order valence-electron chi connectivity index (χ4n) is 1.11. The third-order valence-corrected chi connectivity index (χ3v) is 2.36. The Morgan fingerprint density at radius 3 is 2.20 bits per heavy atom. The Hall–Kier alpha value is -1.41. The lowest BCUT2D eigenvalue weighted by molar-refractivity contribution is 0.103. The van der Waals surface area contributed by atoms with Crippen LogP contribution in [0.3, 0.4) is 0 Å². The van der Waals surface area contributed by atoms with Crippen LogP contribution in [-0.2, 0) is 0 Å². The highest BCUT2D eigenvalue weighted by molar-refractivity contribution is 9.10. The van der Waals surface area contributed by atoms with Gasteiger partial charge >= 0.3 is 0 Å². The fraction of sp³-hybridized carbons (Fsp3) is 0. The van der Waals surface area contributed by atoms with E-state index < -0.39 is 36.0 Å². The van der Waals surface area contributed by atoms with Gasteiger partial charge in [0.25, 0.3) is 0 Å². The highest BCUT2D eigenvalue weighted by Gasteiger charge is 2.07. The quantitative estimate of drug-likeness (QED) is 0.758. The molecule has 2 aromatic rings. The van der Waals surface area contributed by atoms with Crippen molar-refractivity contribution in [1.82, 2.24) is 0 Å². The number of hydrogen-bond donors (Lipinski definition) is 0. The van der Waals surface area contributed by atoms with Crippen LogP contribution in [0.1, 0.15) is 22.8 Å². The molecule has 74 valence electrons. The van der Waals surface area contributed by atoms with E-state index in [0.717, 1.165) is 4.47 Å². The topological polar surface area (TPSA) is 17.1 Å². The van der Waals surface area contributed by atoms with Crippen LogP contribution in [0, 0.1) is 0 Å². The normalized spacial score (nSPS) is 14.6. The summed E-state index contributed by atoms with van der Waals surface area (Å²) in [6.07, 6.45) is 0. The Labute approximate surface area is 104 Å². The molecule has 2 heteroatoms. The van der Waals surface area contributed by atoms with Gasteiger partial charge in [-0.25, -0.2) is 0 Å². The zero-order valence-corrected chi connectivity index (χ0v) is 9.18. The Kier molecular flexibility index (Phi) is 1.65. The SMILES string of the molecule is [2H]c1c([2H])c([2H])c(C(=O)c2ccc(Br)cc2)c([2H])c1[2H]. The zero-order valence-electron chi connectivity index (χ0n) is 12.6. The van der Waals surface area contributed by atoms with E-state index in [1.54, 1.807) is 12.1 Å². The van der Waals surface area contributed by atoms with E-state index in [1.165, 1.54) is 12.1 Å². The van der Waals surface area contributed by atoms with Gasteiger partial charge in [0.2, 0.25) is 0 Å². The zero-order chi connectivity index (χ0) is 15.0. The largest absolute Gasteiger partial charge is 0.289 e. The molecule has 0 aromatic heterocycles. The van der Waals surface area contributed by atoms with Crippen molar-refractivity contribution in [3.8, 4) is 0 Å². The Morgan fingerprint density at radius 2 is 1.60 bits per heavy atom. The van der Waals surface area contributed by atoms with E-state index in [9.17, 15) is 4.79 Å². The Bertz CT molecular complexity index is 668. The molecule has 0 heterocycles. The number of carbonyl (C=O) groups excluding carboxylic acids is 1. The maximum atomic E-state index is 12.3. The van der Waals surface area contributed by atoms with Crippen LogP contribution in [0.25, 0.3) is 0 Å². The molecule has 2 aromatic carbocycles. The lowest BCUT2D eigenvalue weighted by Gasteiger charge is -2.00. The van der Waals surface area contributed by atoms with E-state index >= 15 is 0 Å². The summed E-state index contributed by atoms with van der Waals surface area (Å²) in [5.41, 5.74) is -0.0370. The van der Waals surface area contributed by atoms with Gasteiger partial charge in [0.05, 0.1) is 6.85 Å². The van der Waals surface area contributed by atoms with Crippen LogP contribution in [0.4, 0.5) is 0 Å². The van der Waals surface area contributed by atoms with Gasteiger partial charge in [-0.2, -0.15) is 0 Å². The van der Waals surface area contributed by atoms with E-state index in [0.29, 0.717) is 0 Å². The molecule has 0 spiro atoms. The van der Waals surface area contributed by atoms with Crippen LogP contribution in [0.5, 0.6) is 0 Å². The standard InChI is InChI=1S/C13H9BrO/c14-12-8-6-11(7-9-12)13(15)10-4-2-1-3-5-10/h1-9H/i1D,2D,3D,4D,5D. The third-order valence-electron chi connectivity index (χ3n) is 1.83. The minimum atomic E-state index is -0.588. The molecule has 0 aliphatic rings. The van der Waals surface area contributed by atoms with Crippen LogP contribution in [-0.4, -0.2) is 5.78 Å². The van der Waals surface area contributed by atoms with Gasteiger partial charge in [0.15, 0.2) is 5.78 Å². The lowest BCUT2D eigenvalue weighted by Crippen LogP contribution is -2.00. The second kappa shape index (κ2) is 4.41. The summed E-state index contributed by atoms with van der Waals surface area (Å²) in [4.78, 5) is 12.3. The van der Waals surface area contributed by atoms with Gasteiger partial charge in [-0.05, 0) is 24.3 Å². The molecule has 0 unspecified atom stereocenters. The summed E-state index contributed by atoms with van der Waals surface area (Å²) >= 11 is 3.24. The van der Waals surface area contributed by atoms with Gasteiger partial charge in [0, 0.05) is 15.6 Å². The maximum Gasteiger partial charge on any atom is 0.193 e. The first kappa shape index (κ1) is 5.61. The average Bonchev–Trinajstić information content (AvgIpc) is 2.44. The summed E-state index contributed by atoms with van der Waals surface area (Å²) in [5, 5.41) is 0. The van der Waals surface area contributed by atoms with Crippen LogP contribution in [0.15, 0.2) is 59.0 Å². The van der Waals surface area contributed by atoms with Gasteiger partial charge in [-0.15, -0.1) is 0 Å². The van der Waals surface area contributed by atoms with Gasteiger partial charge in [-0.1, -0.05) is 46.1 Å². The second-order valence-electron chi connectivity index (χ2n) is 2.84. The van der Waals surface area contributed by atoms with E-state index in [1.807, 2.05) is 0 Å². The first-order valence-corrected chi connectivity index (χ1v) is 5.01. The van der Waals surface area contributed by atoms with Crippen molar-refractivity contribution in [2.24, 2.45) is 0 Å². The van der Waals surface area contributed by atoms with Crippen molar-refractivity contribution in [3.05, 3.63) is 70.1 Å². The number of ketones is 1. The van der Waals surface area contributed by atoms with E-state index in [-0.39, 0.29) is 11.1 Å². The predicted octanol–water partition coefficient (Wildman–Crippen LogP) is 3.68. The molecule has 0 amide bonds. The molecule has 0 aliphatic heterocycles. The number of rotatable bonds is 2. The highest BCUT2D eigenvalue weighted by atomic mass is 79.9. The van der Waals surface area contributed by atoms with Crippen LogP contribution >= 0.6 is 15.9 Å². The van der Waals surface area contributed by atoms with Gasteiger partial charge in [-0.3, -0.25) is 4.79 Å². The minimum absolute atomic E-state index is 0.270. The molecule has 0 radical (unpaired) electrons. The summed E-state index contributed by atoms with van der Waals surface area (Å²) in [5.74, 6) is -0.588. The molecular formula is C13H9BrO. The van der Waals surface area contributed by atoms with Gasteiger partial charge < -0.3 is 0 Å². The summed E-state index contributed by atoms with van der Waals surface area (Å²) in [7, 11) is 0. The average molecular weight is 266 g/mol. The van der Waals surface area contributed by atoms with E-state index in [2.05, 4.69) is 15.9 Å². The van der Waals surface area contributed by atoms with Crippen LogP contribution < -0.4 is 0 Å². The van der Waals surface area contributed by atoms with Crippen LogP contribution in [0.2, 0.25) is 0 Å².